The van der Waals surface area contributed by atoms with Gasteiger partial charge < -0.3 is 0 Å². The van der Waals surface area contributed by atoms with E-state index in [9.17, 15) is 0 Å². The van der Waals surface area contributed by atoms with Gasteiger partial charge in [0.25, 0.3) is 0 Å². The largest absolute Gasteiger partial charge is 0.0884 e. The Morgan fingerprint density at radius 1 is 0.696 bits per heavy atom. The third kappa shape index (κ3) is 1.39. The van der Waals surface area contributed by atoms with Gasteiger partial charge in [-0.3, -0.25) is 0 Å². The Labute approximate surface area is 135 Å². The van der Waals surface area contributed by atoms with E-state index in [4.69, 9.17) is 0 Å². The highest BCUT2D eigenvalue weighted by atomic mass is 14.4. The van der Waals surface area contributed by atoms with Crippen LogP contribution in [0.4, 0.5) is 0 Å². The summed E-state index contributed by atoms with van der Waals surface area (Å²) in [6.45, 7) is 0. The van der Waals surface area contributed by atoms with Crippen molar-refractivity contribution in [1.29, 1.82) is 0 Å². The quantitative estimate of drug-likeness (QED) is 0.299. The molecule has 0 bridgehead atoms. The molecule has 0 radical (unpaired) electrons. The summed E-state index contributed by atoms with van der Waals surface area (Å²) < 4.78 is 0. The molecule has 0 saturated heterocycles. The zero-order valence-electron chi connectivity index (χ0n) is 12.8. The van der Waals surface area contributed by atoms with E-state index >= 15 is 0 Å². The molecule has 23 heavy (non-hydrogen) atoms. The van der Waals surface area contributed by atoms with Gasteiger partial charge in [-0.05, 0) is 47.2 Å². The van der Waals surface area contributed by atoms with Crippen LogP contribution < -0.4 is 0 Å². The lowest BCUT2D eigenvalue weighted by atomic mass is 9.78. The lowest BCUT2D eigenvalue weighted by Gasteiger charge is -2.18. The summed E-state index contributed by atoms with van der Waals surface area (Å²) >= 11 is 0. The second-order valence-corrected chi connectivity index (χ2v) is 6.77. The van der Waals surface area contributed by atoms with Gasteiger partial charge in [-0.1, -0.05) is 24.3 Å². The third-order valence-electron chi connectivity index (χ3n) is 5.59. The summed E-state index contributed by atoms with van der Waals surface area (Å²) in [5, 5.41) is 5.67. The fourth-order valence-electron chi connectivity index (χ4n) is 4.65. The number of hydrogen-bond donors (Lipinski definition) is 0. The van der Waals surface area contributed by atoms with Gasteiger partial charge in [-0.15, -0.1) is 0 Å². The van der Waals surface area contributed by atoms with Gasteiger partial charge in [0.1, 0.15) is 0 Å². The van der Waals surface area contributed by atoms with Crippen molar-refractivity contribution in [2.24, 2.45) is 0 Å². The first-order valence-corrected chi connectivity index (χ1v) is 8.31. The highest BCUT2D eigenvalue weighted by Crippen LogP contribution is 2.49. The summed E-state index contributed by atoms with van der Waals surface area (Å²) in [6.07, 6.45) is 2.14. The maximum Gasteiger partial charge on any atom is 0.0884 e. The molecule has 0 aromatic heterocycles. The minimum Gasteiger partial charge on any atom is -0.0616 e. The van der Waals surface area contributed by atoms with Crippen LogP contribution in [0.15, 0.2) is 66.7 Å². The lowest BCUT2D eigenvalue weighted by molar-refractivity contribution is 0.990. The van der Waals surface area contributed by atoms with E-state index in [0.29, 0.717) is 0 Å². The Hall–Kier alpha value is -2.73. The molecule has 0 amide bonds. The molecule has 0 saturated carbocycles. The van der Waals surface area contributed by atoms with Crippen LogP contribution in [0.2, 0.25) is 0 Å². The number of hydrogen-bond acceptors (Lipinski definition) is 0. The molecular formula is C23H15+. The van der Waals surface area contributed by atoms with Crippen LogP contribution in [0.25, 0.3) is 21.5 Å². The Morgan fingerprint density at radius 2 is 1.57 bits per heavy atom. The van der Waals surface area contributed by atoms with Gasteiger partial charge >= 0.3 is 0 Å². The Balaban J connectivity index is 1.78. The normalized spacial score (nSPS) is 14.5. The van der Waals surface area contributed by atoms with Gasteiger partial charge in [0, 0.05) is 40.5 Å². The highest BCUT2D eigenvalue weighted by Gasteiger charge is 2.39. The monoisotopic (exact) mass is 291 g/mol. The summed E-state index contributed by atoms with van der Waals surface area (Å²) in [5.41, 5.74) is 7.48. The number of benzene rings is 4. The maximum atomic E-state index is 2.41. The second-order valence-electron chi connectivity index (χ2n) is 6.77. The zero-order chi connectivity index (χ0) is 15.0. The van der Waals surface area contributed by atoms with Crippen LogP contribution in [0.5, 0.6) is 0 Å². The maximum absolute atomic E-state index is 2.41. The summed E-state index contributed by atoms with van der Waals surface area (Å²) in [6, 6.07) is 24.8. The van der Waals surface area contributed by atoms with Crippen LogP contribution in [0.1, 0.15) is 27.8 Å². The SMILES string of the molecule is c1ccc2c(c1)Cc1ccc3c4c(cc5ccccc53)C[C+]2c14. The molecule has 0 spiro atoms. The minimum atomic E-state index is 1.07. The fraction of sp³-hybridized carbons (Fsp3) is 0.0870. The molecule has 0 N–H and O–H groups in total. The standard InChI is InChI=1S/C23H15/c1-3-7-18-15(6-1)12-17-13-21-19-8-4-2-5-14(19)11-16-9-10-20(18)23(17)22(16)21/h1-10,12H,11,13H2/q+1. The highest BCUT2D eigenvalue weighted by molar-refractivity contribution is 6.12. The average molecular weight is 291 g/mol. The minimum absolute atomic E-state index is 1.07. The molecule has 0 aliphatic heterocycles. The molecule has 106 valence electrons. The van der Waals surface area contributed by atoms with E-state index in [0.717, 1.165) is 12.8 Å². The van der Waals surface area contributed by atoms with Crippen molar-refractivity contribution in [3.63, 3.8) is 0 Å². The molecule has 2 aliphatic rings. The van der Waals surface area contributed by atoms with Crippen molar-refractivity contribution in [1.82, 2.24) is 0 Å². The first kappa shape index (κ1) is 11.8. The van der Waals surface area contributed by atoms with Crippen LogP contribution in [0, 0.1) is 5.92 Å². The fourth-order valence-corrected chi connectivity index (χ4v) is 4.65. The number of rotatable bonds is 0. The summed E-state index contributed by atoms with van der Waals surface area (Å²) in [4.78, 5) is 0. The molecule has 0 atom stereocenters. The van der Waals surface area contributed by atoms with Crippen molar-refractivity contribution >= 4 is 21.5 Å². The van der Waals surface area contributed by atoms with Gasteiger partial charge in [-0.25, -0.2) is 0 Å². The molecular weight excluding hydrogens is 276 g/mol. The molecule has 4 aromatic rings. The third-order valence-corrected chi connectivity index (χ3v) is 5.59. The van der Waals surface area contributed by atoms with E-state index in [1.165, 1.54) is 55.3 Å². The molecule has 6 rings (SSSR count). The summed E-state index contributed by atoms with van der Waals surface area (Å²) in [7, 11) is 0. The first-order valence-electron chi connectivity index (χ1n) is 8.31. The van der Waals surface area contributed by atoms with E-state index in [-0.39, 0.29) is 0 Å². The lowest BCUT2D eigenvalue weighted by Crippen LogP contribution is -2.12. The average Bonchev–Trinajstić information content (AvgIpc) is 2.99. The molecule has 0 heterocycles. The predicted octanol–water partition coefficient (Wildman–Crippen LogP) is 5.42. The van der Waals surface area contributed by atoms with Crippen LogP contribution >= 0.6 is 0 Å². The van der Waals surface area contributed by atoms with Crippen molar-refractivity contribution < 1.29 is 0 Å². The van der Waals surface area contributed by atoms with Gasteiger partial charge in [0.05, 0.1) is 22.9 Å². The van der Waals surface area contributed by atoms with Gasteiger partial charge in [-0.2, -0.15) is 0 Å². The van der Waals surface area contributed by atoms with E-state index in [2.05, 4.69) is 66.7 Å². The van der Waals surface area contributed by atoms with E-state index in [1.807, 2.05) is 0 Å². The number of fused-ring (bicyclic) bond motifs is 4. The van der Waals surface area contributed by atoms with Crippen molar-refractivity contribution in [2.45, 2.75) is 12.8 Å². The zero-order valence-corrected chi connectivity index (χ0v) is 12.8. The van der Waals surface area contributed by atoms with Crippen LogP contribution in [-0.2, 0) is 12.8 Å². The molecule has 4 aromatic carbocycles. The Morgan fingerprint density at radius 3 is 2.57 bits per heavy atom. The molecule has 0 heteroatoms. The van der Waals surface area contributed by atoms with Crippen molar-refractivity contribution in [2.75, 3.05) is 0 Å². The smallest absolute Gasteiger partial charge is 0.0616 e. The Bertz CT molecular complexity index is 1120. The van der Waals surface area contributed by atoms with Crippen LogP contribution in [-0.4, -0.2) is 0 Å². The topological polar surface area (TPSA) is 0 Å². The van der Waals surface area contributed by atoms with E-state index < -0.39 is 0 Å². The molecule has 2 aliphatic carbocycles. The van der Waals surface area contributed by atoms with E-state index in [1.54, 1.807) is 0 Å². The van der Waals surface area contributed by atoms with Crippen molar-refractivity contribution in [3.05, 3.63) is 100 Å². The molecule has 0 unspecified atom stereocenters. The first-order chi connectivity index (χ1) is 11.4. The van der Waals surface area contributed by atoms with Crippen LogP contribution in [0.3, 0.4) is 0 Å². The van der Waals surface area contributed by atoms with Crippen molar-refractivity contribution in [3.8, 4) is 0 Å². The molecule has 0 fully saturated rings. The van der Waals surface area contributed by atoms with Gasteiger partial charge in [0.2, 0.25) is 0 Å². The molecule has 0 nitrogen and oxygen atoms in total. The second kappa shape index (κ2) is 3.97. The summed E-state index contributed by atoms with van der Waals surface area (Å²) in [5.74, 6) is 1.54. The Kier molecular flexibility index (Phi) is 2.03. The van der Waals surface area contributed by atoms with Gasteiger partial charge in [0.15, 0.2) is 0 Å². The predicted molar refractivity (Wildman–Crippen MR) is 95.9 cm³/mol.